The smallest absolute Gasteiger partial charge is 0.237 e. The van der Waals surface area contributed by atoms with E-state index in [1.54, 1.807) is 12.0 Å². The van der Waals surface area contributed by atoms with E-state index < -0.39 is 6.04 Å². The van der Waals surface area contributed by atoms with Gasteiger partial charge < -0.3 is 19.7 Å². The normalized spacial score (nSPS) is 16.6. The zero-order chi connectivity index (χ0) is 22.9. The topological polar surface area (TPSA) is 71.1 Å². The van der Waals surface area contributed by atoms with Crippen LogP contribution in [0.4, 0.5) is 0 Å². The number of rotatable bonds is 10. The summed E-state index contributed by atoms with van der Waals surface area (Å²) in [6.07, 6.45) is 0.147. The third-order valence-electron chi connectivity index (χ3n) is 5.55. The first-order valence-electron chi connectivity index (χ1n) is 11.1. The Bertz CT molecular complexity index is 888. The fourth-order valence-electron chi connectivity index (χ4n) is 3.88. The molecule has 1 atom stereocenters. The number of nitrogens with one attached hydrogen (secondary N) is 1. The largest absolute Gasteiger partial charge is 0.457 e. The molecule has 1 aliphatic heterocycles. The zero-order valence-electron chi connectivity index (χ0n) is 19.1. The molecule has 0 spiro atoms. The Labute approximate surface area is 190 Å². The Morgan fingerprint density at radius 1 is 1.16 bits per heavy atom. The van der Waals surface area contributed by atoms with Crippen molar-refractivity contribution in [3.05, 3.63) is 60.2 Å². The van der Waals surface area contributed by atoms with E-state index in [1.807, 2.05) is 68.4 Å². The predicted octanol–water partition coefficient (Wildman–Crippen LogP) is 3.05. The van der Waals surface area contributed by atoms with Gasteiger partial charge in [-0.3, -0.25) is 14.5 Å². The van der Waals surface area contributed by atoms with Crippen molar-refractivity contribution in [1.82, 2.24) is 15.1 Å². The molecule has 1 saturated heterocycles. The number of methoxy groups -OCH3 is 1. The second-order valence-electron chi connectivity index (χ2n) is 8.22. The van der Waals surface area contributed by atoms with Crippen LogP contribution in [0.25, 0.3) is 0 Å². The molecular weight excluding hydrogens is 406 g/mol. The molecule has 0 aliphatic carbocycles. The summed E-state index contributed by atoms with van der Waals surface area (Å²) < 4.78 is 11.1. The standard InChI is InChI=1S/C25H33N3O4/c1-19(2)28(14-15-31-3)24(29)17-23-25(30)26-12-13-27(23)18-20-8-7-11-22(16-20)32-21-9-5-4-6-10-21/h4-11,16,19,23H,12-15,17-18H2,1-3H3,(H,26,30). The van der Waals surface area contributed by atoms with Crippen LogP contribution in [0.2, 0.25) is 0 Å². The van der Waals surface area contributed by atoms with Crippen molar-refractivity contribution >= 4 is 11.8 Å². The lowest BCUT2D eigenvalue weighted by Gasteiger charge is -2.36. The lowest BCUT2D eigenvalue weighted by atomic mass is 10.1. The summed E-state index contributed by atoms with van der Waals surface area (Å²) in [4.78, 5) is 29.5. The van der Waals surface area contributed by atoms with Crippen molar-refractivity contribution in [3.63, 3.8) is 0 Å². The molecule has 32 heavy (non-hydrogen) atoms. The fourth-order valence-corrected chi connectivity index (χ4v) is 3.88. The summed E-state index contributed by atoms with van der Waals surface area (Å²) in [5.74, 6) is 1.38. The fraction of sp³-hybridized carbons (Fsp3) is 0.440. The lowest BCUT2D eigenvalue weighted by Crippen LogP contribution is -2.56. The van der Waals surface area contributed by atoms with E-state index >= 15 is 0 Å². The van der Waals surface area contributed by atoms with Crippen LogP contribution in [0.3, 0.4) is 0 Å². The van der Waals surface area contributed by atoms with E-state index in [2.05, 4.69) is 10.2 Å². The molecule has 2 aromatic carbocycles. The third kappa shape index (κ3) is 6.55. The Kier molecular flexibility index (Phi) is 8.64. The van der Waals surface area contributed by atoms with E-state index in [4.69, 9.17) is 9.47 Å². The summed E-state index contributed by atoms with van der Waals surface area (Å²) in [6, 6.07) is 17.0. The molecule has 1 heterocycles. The van der Waals surface area contributed by atoms with Gasteiger partial charge in [0.1, 0.15) is 11.5 Å². The minimum absolute atomic E-state index is 0.0368. The second kappa shape index (κ2) is 11.6. The van der Waals surface area contributed by atoms with Crippen molar-refractivity contribution in [2.24, 2.45) is 0 Å². The zero-order valence-corrected chi connectivity index (χ0v) is 19.1. The first-order valence-corrected chi connectivity index (χ1v) is 11.1. The van der Waals surface area contributed by atoms with Crippen LogP contribution in [-0.4, -0.2) is 67.0 Å². The maximum absolute atomic E-state index is 13.0. The van der Waals surface area contributed by atoms with Gasteiger partial charge in [-0.2, -0.15) is 0 Å². The second-order valence-corrected chi connectivity index (χ2v) is 8.22. The van der Waals surface area contributed by atoms with Crippen LogP contribution < -0.4 is 10.1 Å². The maximum atomic E-state index is 13.0. The number of amides is 2. The van der Waals surface area contributed by atoms with E-state index in [0.29, 0.717) is 32.8 Å². The van der Waals surface area contributed by atoms with Crippen molar-refractivity contribution in [1.29, 1.82) is 0 Å². The minimum Gasteiger partial charge on any atom is -0.457 e. The molecule has 0 radical (unpaired) electrons. The van der Waals surface area contributed by atoms with Gasteiger partial charge in [0.05, 0.1) is 19.1 Å². The van der Waals surface area contributed by atoms with Crippen LogP contribution >= 0.6 is 0 Å². The summed E-state index contributed by atoms with van der Waals surface area (Å²) in [5.41, 5.74) is 1.03. The molecule has 172 valence electrons. The third-order valence-corrected chi connectivity index (χ3v) is 5.55. The number of nitrogens with zero attached hydrogens (tertiary/aromatic N) is 2. The molecule has 1 fully saturated rings. The Hall–Kier alpha value is -2.90. The van der Waals surface area contributed by atoms with Gasteiger partial charge in [0.2, 0.25) is 11.8 Å². The van der Waals surface area contributed by atoms with Crippen LogP contribution in [0.5, 0.6) is 11.5 Å². The number of carbonyl (C=O) groups is 2. The molecule has 1 aliphatic rings. The molecule has 2 aromatic rings. The number of carbonyl (C=O) groups excluding carboxylic acids is 2. The Morgan fingerprint density at radius 3 is 2.62 bits per heavy atom. The van der Waals surface area contributed by atoms with Gasteiger partial charge in [-0.25, -0.2) is 0 Å². The van der Waals surface area contributed by atoms with Gasteiger partial charge in [0, 0.05) is 39.3 Å². The number of ether oxygens (including phenoxy) is 2. The highest BCUT2D eigenvalue weighted by Gasteiger charge is 2.33. The maximum Gasteiger partial charge on any atom is 0.237 e. The van der Waals surface area contributed by atoms with E-state index in [-0.39, 0.29) is 24.3 Å². The van der Waals surface area contributed by atoms with Crippen molar-refractivity contribution in [2.75, 3.05) is 33.4 Å². The van der Waals surface area contributed by atoms with Crippen LogP contribution in [-0.2, 0) is 20.9 Å². The monoisotopic (exact) mass is 439 g/mol. The van der Waals surface area contributed by atoms with Gasteiger partial charge in [-0.05, 0) is 43.7 Å². The van der Waals surface area contributed by atoms with Crippen LogP contribution in [0, 0.1) is 0 Å². The first-order chi connectivity index (χ1) is 15.5. The SMILES string of the molecule is COCCN(C(=O)CC1C(=O)NCCN1Cc1cccc(Oc2ccccc2)c1)C(C)C. The number of hydrogen-bond acceptors (Lipinski definition) is 5. The van der Waals surface area contributed by atoms with Crippen LogP contribution in [0.15, 0.2) is 54.6 Å². The van der Waals surface area contributed by atoms with E-state index in [0.717, 1.165) is 17.1 Å². The summed E-state index contributed by atoms with van der Waals surface area (Å²) in [6.45, 7) is 6.76. The average Bonchev–Trinajstić information content (AvgIpc) is 2.77. The molecule has 1 unspecified atom stereocenters. The highest BCUT2D eigenvalue weighted by Crippen LogP contribution is 2.23. The van der Waals surface area contributed by atoms with Gasteiger partial charge >= 0.3 is 0 Å². The number of hydrogen-bond donors (Lipinski definition) is 1. The van der Waals surface area contributed by atoms with Crippen LogP contribution in [0.1, 0.15) is 25.8 Å². The highest BCUT2D eigenvalue weighted by molar-refractivity contribution is 5.89. The van der Waals surface area contributed by atoms with E-state index in [1.165, 1.54) is 0 Å². The molecule has 2 amide bonds. The molecule has 0 saturated carbocycles. The minimum atomic E-state index is -0.501. The van der Waals surface area contributed by atoms with Gasteiger partial charge in [0.25, 0.3) is 0 Å². The molecule has 7 nitrogen and oxygen atoms in total. The van der Waals surface area contributed by atoms with Gasteiger partial charge in [0.15, 0.2) is 0 Å². The summed E-state index contributed by atoms with van der Waals surface area (Å²) in [7, 11) is 1.62. The Morgan fingerprint density at radius 2 is 1.91 bits per heavy atom. The summed E-state index contributed by atoms with van der Waals surface area (Å²) >= 11 is 0. The highest BCUT2D eigenvalue weighted by atomic mass is 16.5. The van der Waals surface area contributed by atoms with Gasteiger partial charge in [-0.1, -0.05) is 30.3 Å². The molecular formula is C25H33N3O4. The molecule has 7 heteroatoms. The van der Waals surface area contributed by atoms with Crippen molar-refractivity contribution in [3.8, 4) is 11.5 Å². The van der Waals surface area contributed by atoms with Gasteiger partial charge in [-0.15, -0.1) is 0 Å². The van der Waals surface area contributed by atoms with Crippen molar-refractivity contribution < 1.29 is 19.1 Å². The number of para-hydroxylation sites is 1. The lowest BCUT2D eigenvalue weighted by molar-refractivity contribution is -0.140. The number of piperazine rings is 1. The average molecular weight is 440 g/mol. The molecule has 3 rings (SSSR count). The van der Waals surface area contributed by atoms with E-state index in [9.17, 15) is 9.59 Å². The Balaban J connectivity index is 1.69. The summed E-state index contributed by atoms with van der Waals surface area (Å²) in [5, 5.41) is 2.91. The quantitative estimate of drug-likeness (QED) is 0.616. The molecule has 0 bridgehead atoms. The first kappa shape index (κ1) is 23.8. The molecule has 1 N–H and O–H groups in total. The number of benzene rings is 2. The molecule has 0 aromatic heterocycles. The predicted molar refractivity (Wildman–Crippen MR) is 124 cm³/mol. The van der Waals surface area contributed by atoms with Crippen molar-refractivity contribution in [2.45, 2.75) is 38.9 Å².